The SMILES string of the molecule is N#C/C(=C/c1ccc(-n2cncn2)c(F)c1)C(=O)Nc1ccccc1Br. The third-order valence-electron chi connectivity index (χ3n) is 3.44. The van der Waals surface area contributed by atoms with Gasteiger partial charge in [-0.1, -0.05) is 18.2 Å². The number of para-hydroxylation sites is 1. The highest BCUT2D eigenvalue weighted by Gasteiger charge is 2.12. The molecule has 2 aromatic carbocycles. The lowest BCUT2D eigenvalue weighted by molar-refractivity contribution is -0.112. The van der Waals surface area contributed by atoms with Gasteiger partial charge in [0.25, 0.3) is 5.91 Å². The zero-order valence-corrected chi connectivity index (χ0v) is 14.8. The third-order valence-corrected chi connectivity index (χ3v) is 4.13. The summed E-state index contributed by atoms with van der Waals surface area (Å²) in [6.45, 7) is 0. The van der Waals surface area contributed by atoms with Crippen molar-refractivity contribution in [3.05, 3.63) is 76.5 Å². The minimum atomic E-state index is -0.583. The summed E-state index contributed by atoms with van der Waals surface area (Å²) in [5.74, 6) is -1.13. The Morgan fingerprint density at radius 3 is 2.77 bits per heavy atom. The maximum Gasteiger partial charge on any atom is 0.266 e. The van der Waals surface area contributed by atoms with Gasteiger partial charge in [0.15, 0.2) is 0 Å². The van der Waals surface area contributed by atoms with Gasteiger partial charge in [0.2, 0.25) is 0 Å². The molecule has 0 fully saturated rings. The van der Waals surface area contributed by atoms with Gasteiger partial charge in [-0.15, -0.1) is 0 Å². The molecule has 3 aromatic rings. The van der Waals surface area contributed by atoms with Crippen LogP contribution in [-0.2, 0) is 4.79 Å². The average Bonchev–Trinajstić information content (AvgIpc) is 3.16. The zero-order valence-electron chi connectivity index (χ0n) is 13.2. The summed E-state index contributed by atoms with van der Waals surface area (Å²) in [5, 5.41) is 15.8. The molecule has 0 unspecified atom stereocenters. The van der Waals surface area contributed by atoms with Gasteiger partial charge in [-0.2, -0.15) is 10.4 Å². The van der Waals surface area contributed by atoms with Crippen LogP contribution in [0.5, 0.6) is 0 Å². The number of rotatable bonds is 4. The summed E-state index contributed by atoms with van der Waals surface area (Å²) < 4.78 is 16.2. The maximum atomic E-state index is 14.3. The quantitative estimate of drug-likeness (QED) is 0.523. The zero-order chi connectivity index (χ0) is 18.5. The molecule has 0 radical (unpaired) electrons. The fourth-order valence-electron chi connectivity index (χ4n) is 2.20. The number of nitriles is 1. The van der Waals surface area contributed by atoms with Gasteiger partial charge in [0.1, 0.15) is 35.8 Å². The summed E-state index contributed by atoms with van der Waals surface area (Å²) in [5.41, 5.74) is 0.987. The van der Waals surface area contributed by atoms with Gasteiger partial charge in [0, 0.05) is 4.47 Å². The lowest BCUT2D eigenvalue weighted by Gasteiger charge is -2.07. The van der Waals surface area contributed by atoms with Crippen LogP contribution < -0.4 is 5.32 Å². The third kappa shape index (κ3) is 3.84. The van der Waals surface area contributed by atoms with E-state index in [1.807, 2.05) is 6.07 Å². The number of hydrogen-bond acceptors (Lipinski definition) is 4. The molecule has 26 heavy (non-hydrogen) atoms. The Kier molecular flexibility index (Phi) is 5.20. The first-order valence-corrected chi connectivity index (χ1v) is 8.20. The van der Waals surface area contributed by atoms with E-state index in [0.717, 1.165) is 0 Å². The number of nitrogens with zero attached hydrogens (tertiary/aromatic N) is 4. The molecule has 1 heterocycles. The number of anilines is 1. The highest BCUT2D eigenvalue weighted by molar-refractivity contribution is 9.10. The number of carbonyl (C=O) groups is 1. The van der Waals surface area contributed by atoms with Crippen molar-refractivity contribution in [1.82, 2.24) is 14.8 Å². The van der Waals surface area contributed by atoms with E-state index in [9.17, 15) is 14.4 Å². The molecule has 1 N–H and O–H groups in total. The highest BCUT2D eigenvalue weighted by Crippen LogP contribution is 2.22. The Balaban J connectivity index is 1.85. The Bertz CT molecular complexity index is 1020. The van der Waals surface area contributed by atoms with Crippen LogP contribution >= 0.6 is 15.9 Å². The van der Waals surface area contributed by atoms with Crippen molar-refractivity contribution >= 4 is 33.6 Å². The van der Waals surface area contributed by atoms with Crippen LogP contribution in [-0.4, -0.2) is 20.7 Å². The fourth-order valence-corrected chi connectivity index (χ4v) is 2.58. The first-order chi connectivity index (χ1) is 12.6. The van der Waals surface area contributed by atoms with Gasteiger partial charge in [-0.05, 0) is 51.8 Å². The van der Waals surface area contributed by atoms with Crippen molar-refractivity contribution < 1.29 is 9.18 Å². The first-order valence-electron chi connectivity index (χ1n) is 7.40. The molecular formula is C18H11BrFN5O. The summed E-state index contributed by atoms with van der Waals surface area (Å²) in [7, 11) is 0. The Morgan fingerprint density at radius 1 is 1.31 bits per heavy atom. The summed E-state index contributed by atoms with van der Waals surface area (Å²) in [6, 6.07) is 13.2. The van der Waals surface area contributed by atoms with Crippen LogP contribution in [0, 0.1) is 17.1 Å². The molecule has 0 aliphatic rings. The fraction of sp³-hybridized carbons (Fsp3) is 0. The van der Waals surface area contributed by atoms with Gasteiger partial charge < -0.3 is 5.32 Å². The van der Waals surface area contributed by atoms with Crippen LogP contribution in [0.25, 0.3) is 11.8 Å². The van der Waals surface area contributed by atoms with Crippen molar-refractivity contribution in [2.45, 2.75) is 0 Å². The molecule has 0 atom stereocenters. The summed E-state index contributed by atoms with van der Waals surface area (Å²) in [6.07, 6.45) is 3.99. The molecule has 8 heteroatoms. The van der Waals surface area contributed by atoms with Crippen LogP contribution in [0.4, 0.5) is 10.1 Å². The molecule has 3 rings (SSSR count). The van der Waals surface area contributed by atoms with Crippen LogP contribution in [0.3, 0.4) is 0 Å². The second-order valence-electron chi connectivity index (χ2n) is 5.15. The van der Waals surface area contributed by atoms with Crippen molar-refractivity contribution in [1.29, 1.82) is 5.26 Å². The highest BCUT2D eigenvalue weighted by atomic mass is 79.9. The molecule has 1 aromatic heterocycles. The second-order valence-corrected chi connectivity index (χ2v) is 6.01. The molecule has 128 valence electrons. The number of nitrogens with one attached hydrogen (secondary N) is 1. The van der Waals surface area contributed by atoms with Gasteiger partial charge in [0.05, 0.1) is 5.69 Å². The molecule has 0 aliphatic carbocycles. The number of aromatic nitrogens is 3. The predicted octanol–water partition coefficient (Wildman–Crippen LogP) is 3.71. The van der Waals surface area contributed by atoms with Crippen molar-refractivity contribution in [3.63, 3.8) is 0 Å². The summed E-state index contributed by atoms with van der Waals surface area (Å²) >= 11 is 3.32. The molecule has 1 amide bonds. The monoisotopic (exact) mass is 411 g/mol. The van der Waals surface area contributed by atoms with Crippen molar-refractivity contribution in [2.75, 3.05) is 5.32 Å². The van der Waals surface area contributed by atoms with E-state index in [1.54, 1.807) is 30.3 Å². The Morgan fingerprint density at radius 2 is 2.12 bits per heavy atom. The van der Waals surface area contributed by atoms with Crippen molar-refractivity contribution in [3.8, 4) is 11.8 Å². The molecule has 6 nitrogen and oxygen atoms in total. The van der Waals surface area contributed by atoms with E-state index >= 15 is 0 Å². The van der Waals surface area contributed by atoms with E-state index in [0.29, 0.717) is 15.7 Å². The molecule has 0 spiro atoms. The van der Waals surface area contributed by atoms with Gasteiger partial charge in [-0.3, -0.25) is 4.79 Å². The van der Waals surface area contributed by atoms with E-state index in [-0.39, 0.29) is 11.3 Å². The van der Waals surface area contributed by atoms with Crippen LogP contribution in [0.1, 0.15) is 5.56 Å². The maximum absolute atomic E-state index is 14.3. The topological polar surface area (TPSA) is 83.6 Å². The van der Waals surface area contributed by atoms with E-state index < -0.39 is 11.7 Å². The lowest BCUT2D eigenvalue weighted by Crippen LogP contribution is -2.13. The minimum Gasteiger partial charge on any atom is -0.320 e. The lowest BCUT2D eigenvalue weighted by atomic mass is 10.1. The average molecular weight is 412 g/mol. The van der Waals surface area contributed by atoms with E-state index in [2.05, 4.69) is 31.3 Å². The first kappa shape index (κ1) is 17.5. The Hall–Kier alpha value is -3.31. The molecule has 0 aliphatic heterocycles. The normalized spacial score (nSPS) is 11.0. The molecule has 0 saturated heterocycles. The van der Waals surface area contributed by atoms with Gasteiger partial charge in [-0.25, -0.2) is 14.1 Å². The Labute approximate surface area is 156 Å². The van der Waals surface area contributed by atoms with Crippen LogP contribution in [0.2, 0.25) is 0 Å². The van der Waals surface area contributed by atoms with Crippen molar-refractivity contribution in [2.24, 2.45) is 0 Å². The molecular weight excluding hydrogens is 401 g/mol. The minimum absolute atomic E-state index is 0.145. The summed E-state index contributed by atoms with van der Waals surface area (Å²) in [4.78, 5) is 16.1. The predicted molar refractivity (Wildman–Crippen MR) is 97.7 cm³/mol. The standard InChI is InChI=1S/C18H11BrFN5O/c19-14-3-1-2-4-16(14)24-18(26)13(9-21)7-12-5-6-17(15(20)8-12)25-11-22-10-23-25/h1-8,10-11H,(H,24,26)/b13-7-. The number of halogens is 2. The second kappa shape index (κ2) is 7.72. The number of amides is 1. The molecule has 0 saturated carbocycles. The van der Waals surface area contributed by atoms with E-state index in [4.69, 9.17) is 0 Å². The number of benzene rings is 2. The largest absolute Gasteiger partial charge is 0.320 e. The molecule has 0 bridgehead atoms. The number of hydrogen-bond donors (Lipinski definition) is 1. The van der Waals surface area contributed by atoms with Gasteiger partial charge >= 0.3 is 0 Å². The number of carbonyl (C=O) groups excluding carboxylic acids is 1. The van der Waals surface area contributed by atoms with E-state index in [1.165, 1.54) is 35.5 Å². The van der Waals surface area contributed by atoms with Crippen LogP contribution in [0.15, 0.2) is 65.2 Å². The smallest absolute Gasteiger partial charge is 0.266 e.